The van der Waals surface area contributed by atoms with E-state index in [0.717, 1.165) is 10.9 Å². The van der Waals surface area contributed by atoms with E-state index >= 15 is 0 Å². The molecular weight excluding hydrogens is 360 g/mol. The highest BCUT2D eigenvalue weighted by molar-refractivity contribution is 5.87. The van der Waals surface area contributed by atoms with Crippen LogP contribution in [-0.4, -0.2) is 37.2 Å². The molecule has 0 unspecified atom stereocenters. The number of nitrogens with one attached hydrogen (secondary N) is 1. The number of para-hydroxylation sites is 1. The summed E-state index contributed by atoms with van der Waals surface area (Å²) in [4.78, 5) is 39.8. The fraction of sp³-hybridized carbons (Fsp3) is 0.316. The highest BCUT2D eigenvalue weighted by Crippen LogP contribution is 2.22. The van der Waals surface area contributed by atoms with E-state index in [-0.39, 0.29) is 29.8 Å². The molecule has 1 atom stereocenters. The van der Waals surface area contributed by atoms with Crippen LogP contribution < -0.4 is 16.6 Å². The van der Waals surface area contributed by atoms with E-state index in [1.165, 1.54) is 6.07 Å². The van der Waals surface area contributed by atoms with Crippen molar-refractivity contribution in [3.05, 3.63) is 52.3 Å². The van der Waals surface area contributed by atoms with Gasteiger partial charge in [-0.1, -0.05) is 18.2 Å². The van der Waals surface area contributed by atoms with Crippen molar-refractivity contribution in [3.8, 4) is 5.69 Å². The van der Waals surface area contributed by atoms with Gasteiger partial charge in [0.05, 0.1) is 17.6 Å². The number of aromatic nitrogens is 4. The molecule has 2 amide bonds. The molecule has 0 spiro atoms. The first-order valence-corrected chi connectivity index (χ1v) is 9.04. The maximum absolute atomic E-state index is 12.5. The second kappa shape index (κ2) is 6.91. The van der Waals surface area contributed by atoms with Gasteiger partial charge in [0.1, 0.15) is 5.82 Å². The molecule has 2 aromatic heterocycles. The zero-order valence-corrected chi connectivity index (χ0v) is 15.4. The third-order valence-corrected chi connectivity index (χ3v) is 4.92. The van der Waals surface area contributed by atoms with Crippen LogP contribution in [0.4, 0.5) is 0 Å². The minimum Gasteiger partial charge on any atom is -0.369 e. The van der Waals surface area contributed by atoms with Crippen molar-refractivity contribution in [3.63, 3.8) is 0 Å². The second-order valence-corrected chi connectivity index (χ2v) is 6.95. The van der Waals surface area contributed by atoms with Gasteiger partial charge in [0.25, 0.3) is 5.56 Å². The number of nitrogens with zero attached hydrogens (tertiary/aromatic N) is 4. The van der Waals surface area contributed by atoms with E-state index in [2.05, 4.69) is 15.4 Å². The molecule has 9 nitrogen and oxygen atoms in total. The van der Waals surface area contributed by atoms with Gasteiger partial charge in [0.2, 0.25) is 11.8 Å². The summed E-state index contributed by atoms with van der Waals surface area (Å²) >= 11 is 0. The first kappa shape index (κ1) is 17.9. The summed E-state index contributed by atoms with van der Waals surface area (Å²) in [6.45, 7) is 0. The summed E-state index contributed by atoms with van der Waals surface area (Å²) in [5, 5.41) is 8.19. The Kier molecular flexibility index (Phi) is 4.42. The molecule has 0 saturated carbocycles. The smallest absolute Gasteiger partial charge is 0.252 e. The average molecular weight is 380 g/mol. The lowest BCUT2D eigenvalue weighted by Gasteiger charge is -2.13. The predicted molar refractivity (Wildman–Crippen MR) is 102 cm³/mol. The molecule has 9 heteroatoms. The van der Waals surface area contributed by atoms with Gasteiger partial charge < -0.3 is 15.6 Å². The Morgan fingerprint density at radius 1 is 1.32 bits per heavy atom. The number of hydrogen-bond acceptors (Lipinski definition) is 5. The normalized spacial score (nSPS) is 16.5. The zero-order chi connectivity index (χ0) is 19.8. The molecule has 0 bridgehead atoms. The lowest BCUT2D eigenvalue weighted by molar-refractivity contribution is -0.119. The SMILES string of the molecule is Cn1c(=O)cc(-n2nc(CC(N)=O)nc2C[C@H]2CCC(=O)N2)c2ccccc21. The molecule has 4 rings (SSSR count). The maximum atomic E-state index is 12.5. The Morgan fingerprint density at radius 2 is 2.11 bits per heavy atom. The van der Waals surface area contributed by atoms with Crippen LogP contribution in [-0.2, 0) is 29.5 Å². The molecule has 3 N–H and O–H groups in total. The fourth-order valence-corrected chi connectivity index (χ4v) is 3.57. The quantitative estimate of drug-likeness (QED) is 0.643. The van der Waals surface area contributed by atoms with E-state index in [9.17, 15) is 14.4 Å². The number of fused-ring (bicyclic) bond motifs is 1. The van der Waals surface area contributed by atoms with E-state index in [4.69, 9.17) is 5.73 Å². The van der Waals surface area contributed by atoms with Gasteiger partial charge >= 0.3 is 0 Å². The fourth-order valence-electron chi connectivity index (χ4n) is 3.57. The topological polar surface area (TPSA) is 125 Å². The summed E-state index contributed by atoms with van der Waals surface area (Å²) in [6.07, 6.45) is 1.52. The molecule has 28 heavy (non-hydrogen) atoms. The number of carbonyl (C=O) groups is 2. The number of rotatable bonds is 5. The standard InChI is InChI=1S/C19H20N6O3/c1-24-13-5-3-2-4-12(13)14(9-19(24)28)25-17(8-11-6-7-18(27)21-11)22-16(23-25)10-15(20)26/h2-5,9,11H,6-8,10H2,1H3,(H2,20,26)(H,21,27)/t11-/m1/s1. The van der Waals surface area contributed by atoms with Gasteiger partial charge in [-0.25, -0.2) is 9.67 Å². The van der Waals surface area contributed by atoms with Gasteiger partial charge in [0.15, 0.2) is 5.82 Å². The van der Waals surface area contributed by atoms with Gasteiger partial charge in [-0.2, -0.15) is 5.10 Å². The van der Waals surface area contributed by atoms with Crippen LogP contribution in [0.2, 0.25) is 0 Å². The number of benzene rings is 1. The molecule has 1 aromatic carbocycles. The van der Waals surface area contributed by atoms with Crippen LogP contribution in [0, 0.1) is 0 Å². The van der Waals surface area contributed by atoms with Crippen molar-refractivity contribution < 1.29 is 9.59 Å². The third kappa shape index (κ3) is 3.26. The largest absolute Gasteiger partial charge is 0.369 e. The van der Waals surface area contributed by atoms with Gasteiger partial charge in [-0.05, 0) is 12.5 Å². The first-order chi connectivity index (χ1) is 13.4. The molecule has 1 fully saturated rings. The number of carbonyl (C=O) groups excluding carboxylic acids is 2. The van der Waals surface area contributed by atoms with Crippen LogP contribution in [0.15, 0.2) is 35.1 Å². The van der Waals surface area contributed by atoms with Crippen molar-refractivity contribution in [2.75, 3.05) is 0 Å². The second-order valence-electron chi connectivity index (χ2n) is 6.95. The van der Waals surface area contributed by atoms with Crippen molar-refractivity contribution in [2.24, 2.45) is 12.8 Å². The van der Waals surface area contributed by atoms with E-state index in [0.29, 0.717) is 30.8 Å². The number of nitrogens with two attached hydrogens (primary N) is 1. The summed E-state index contributed by atoms with van der Waals surface area (Å²) < 4.78 is 3.16. The highest BCUT2D eigenvalue weighted by Gasteiger charge is 2.25. The average Bonchev–Trinajstić information content (AvgIpc) is 3.24. The molecule has 1 aliphatic heterocycles. The molecule has 0 aliphatic carbocycles. The molecule has 1 saturated heterocycles. The Balaban J connectivity index is 1.86. The Labute approximate surface area is 160 Å². The van der Waals surface area contributed by atoms with Crippen LogP contribution in [0.5, 0.6) is 0 Å². The summed E-state index contributed by atoms with van der Waals surface area (Å²) in [6, 6.07) is 8.95. The molecule has 3 aromatic rings. The van der Waals surface area contributed by atoms with Gasteiger partial charge in [0, 0.05) is 37.4 Å². The van der Waals surface area contributed by atoms with Crippen molar-refractivity contribution in [2.45, 2.75) is 31.7 Å². The molecule has 3 heterocycles. The number of aryl methyl sites for hydroxylation is 1. The number of primary amides is 1. The minimum atomic E-state index is -0.535. The minimum absolute atomic E-state index is 0.00690. The Hall–Kier alpha value is -3.49. The zero-order valence-electron chi connectivity index (χ0n) is 15.4. The number of hydrogen-bond donors (Lipinski definition) is 2. The van der Waals surface area contributed by atoms with E-state index in [1.54, 1.807) is 16.3 Å². The monoisotopic (exact) mass is 380 g/mol. The predicted octanol–water partition coefficient (Wildman–Crippen LogP) is -0.0319. The summed E-state index contributed by atoms with van der Waals surface area (Å²) in [5.74, 6) is 0.331. The van der Waals surface area contributed by atoms with Crippen molar-refractivity contribution in [1.29, 1.82) is 0 Å². The number of pyridine rings is 1. The highest BCUT2D eigenvalue weighted by atomic mass is 16.2. The molecule has 144 valence electrons. The lowest BCUT2D eigenvalue weighted by atomic mass is 10.1. The van der Waals surface area contributed by atoms with Crippen LogP contribution in [0.25, 0.3) is 16.6 Å². The summed E-state index contributed by atoms with van der Waals surface area (Å²) in [7, 11) is 1.71. The van der Waals surface area contributed by atoms with Crippen LogP contribution >= 0.6 is 0 Å². The Morgan fingerprint density at radius 3 is 2.82 bits per heavy atom. The summed E-state index contributed by atoms with van der Waals surface area (Å²) in [5.41, 5.74) is 6.47. The van der Waals surface area contributed by atoms with Crippen molar-refractivity contribution >= 4 is 22.7 Å². The van der Waals surface area contributed by atoms with Gasteiger partial charge in [-0.15, -0.1) is 0 Å². The van der Waals surface area contributed by atoms with Crippen molar-refractivity contribution in [1.82, 2.24) is 24.6 Å². The molecular formula is C19H20N6O3. The lowest BCUT2D eigenvalue weighted by Crippen LogP contribution is -2.28. The van der Waals surface area contributed by atoms with E-state index < -0.39 is 5.91 Å². The first-order valence-electron chi connectivity index (χ1n) is 9.04. The van der Waals surface area contributed by atoms with Gasteiger partial charge in [-0.3, -0.25) is 14.4 Å². The third-order valence-electron chi connectivity index (χ3n) is 4.92. The molecule has 0 radical (unpaired) electrons. The van der Waals surface area contributed by atoms with Crippen LogP contribution in [0.3, 0.4) is 0 Å². The van der Waals surface area contributed by atoms with Crippen LogP contribution in [0.1, 0.15) is 24.5 Å². The molecule has 1 aliphatic rings. The Bertz CT molecular complexity index is 1150. The number of amides is 2. The maximum Gasteiger partial charge on any atom is 0.252 e. The van der Waals surface area contributed by atoms with E-state index in [1.807, 2.05) is 24.3 Å².